The van der Waals surface area contributed by atoms with E-state index < -0.39 is 0 Å². The average molecular weight is 264 g/mol. The molecule has 0 saturated heterocycles. The van der Waals surface area contributed by atoms with E-state index in [1.165, 1.54) is 23.2 Å². The fraction of sp³-hybridized carbons (Fsp3) is 0.278. The van der Waals surface area contributed by atoms with E-state index in [1.807, 2.05) is 12.1 Å². The van der Waals surface area contributed by atoms with E-state index in [2.05, 4.69) is 61.7 Å². The van der Waals surface area contributed by atoms with Crippen molar-refractivity contribution in [2.45, 2.75) is 33.1 Å². The second-order valence-corrected chi connectivity index (χ2v) is 5.45. The molecule has 2 aromatic heterocycles. The molecule has 102 valence electrons. The lowest BCUT2D eigenvalue weighted by Gasteiger charge is -2.08. The number of rotatable bonds is 3. The van der Waals surface area contributed by atoms with Crippen molar-refractivity contribution in [3.05, 3.63) is 59.9 Å². The van der Waals surface area contributed by atoms with Crippen molar-refractivity contribution < 1.29 is 0 Å². The van der Waals surface area contributed by atoms with Gasteiger partial charge in [0.1, 0.15) is 5.65 Å². The van der Waals surface area contributed by atoms with E-state index in [1.54, 1.807) is 0 Å². The molecule has 0 fully saturated rings. The highest BCUT2D eigenvalue weighted by atomic mass is 15.0. The Balaban J connectivity index is 2.00. The number of hydrogen-bond donors (Lipinski definition) is 0. The van der Waals surface area contributed by atoms with Crippen LogP contribution in [0.25, 0.3) is 16.9 Å². The predicted molar refractivity (Wildman–Crippen MR) is 84.1 cm³/mol. The van der Waals surface area contributed by atoms with E-state index in [0.717, 1.165) is 11.3 Å². The molecule has 3 rings (SSSR count). The smallest absolute Gasteiger partial charge is 0.137 e. The number of nitrogens with zero attached hydrogens (tertiary/aromatic N) is 2. The SMILES string of the molecule is CCC(C)c1ccc(-c2cn3c(C)cccc3n2)cc1. The average Bonchev–Trinajstić information content (AvgIpc) is 2.92. The van der Waals surface area contributed by atoms with Gasteiger partial charge in [0, 0.05) is 17.5 Å². The van der Waals surface area contributed by atoms with Gasteiger partial charge in [0.25, 0.3) is 0 Å². The van der Waals surface area contributed by atoms with E-state index >= 15 is 0 Å². The first-order valence-electron chi connectivity index (χ1n) is 7.24. The van der Waals surface area contributed by atoms with Gasteiger partial charge in [-0.2, -0.15) is 0 Å². The maximum atomic E-state index is 4.70. The lowest BCUT2D eigenvalue weighted by atomic mass is 9.97. The third kappa shape index (κ3) is 2.22. The van der Waals surface area contributed by atoms with Crippen LogP contribution in [0.5, 0.6) is 0 Å². The number of benzene rings is 1. The number of aromatic nitrogens is 2. The van der Waals surface area contributed by atoms with Crippen molar-refractivity contribution in [2.75, 3.05) is 0 Å². The first-order chi connectivity index (χ1) is 9.69. The first kappa shape index (κ1) is 12.9. The molecule has 0 spiro atoms. The van der Waals surface area contributed by atoms with Crippen molar-refractivity contribution in [3.8, 4) is 11.3 Å². The standard InChI is InChI=1S/C18H20N2/c1-4-13(2)15-8-10-16(11-9-15)17-12-20-14(3)6-5-7-18(20)19-17/h5-13H,4H2,1-3H3. The van der Waals surface area contributed by atoms with Crippen LogP contribution in [0.3, 0.4) is 0 Å². The minimum Gasteiger partial charge on any atom is -0.304 e. The molecule has 1 aromatic carbocycles. The van der Waals surface area contributed by atoms with E-state index in [-0.39, 0.29) is 0 Å². The van der Waals surface area contributed by atoms with Gasteiger partial charge in [-0.05, 0) is 37.0 Å². The van der Waals surface area contributed by atoms with Crippen LogP contribution in [0, 0.1) is 6.92 Å². The van der Waals surface area contributed by atoms with Gasteiger partial charge in [-0.1, -0.05) is 44.2 Å². The third-order valence-corrected chi connectivity index (χ3v) is 4.08. The highest BCUT2D eigenvalue weighted by molar-refractivity contribution is 5.63. The molecule has 0 aliphatic rings. The van der Waals surface area contributed by atoms with Gasteiger partial charge >= 0.3 is 0 Å². The van der Waals surface area contributed by atoms with E-state index in [9.17, 15) is 0 Å². The summed E-state index contributed by atoms with van der Waals surface area (Å²) in [5.41, 5.74) is 5.83. The predicted octanol–water partition coefficient (Wildman–Crippen LogP) is 4.82. The van der Waals surface area contributed by atoms with Gasteiger partial charge in [-0.3, -0.25) is 0 Å². The van der Waals surface area contributed by atoms with Crippen molar-refractivity contribution in [2.24, 2.45) is 0 Å². The zero-order valence-corrected chi connectivity index (χ0v) is 12.3. The fourth-order valence-electron chi connectivity index (χ4n) is 2.51. The summed E-state index contributed by atoms with van der Waals surface area (Å²) in [5.74, 6) is 0.618. The molecule has 1 unspecified atom stereocenters. The topological polar surface area (TPSA) is 17.3 Å². The van der Waals surface area contributed by atoms with Crippen molar-refractivity contribution in [1.82, 2.24) is 9.38 Å². The monoisotopic (exact) mass is 264 g/mol. The van der Waals surface area contributed by atoms with Crippen molar-refractivity contribution in [3.63, 3.8) is 0 Å². The Bertz CT molecular complexity index is 723. The van der Waals surface area contributed by atoms with Crippen LogP contribution < -0.4 is 0 Å². The molecule has 0 radical (unpaired) electrons. The van der Waals surface area contributed by atoms with Gasteiger partial charge in [-0.15, -0.1) is 0 Å². The second kappa shape index (κ2) is 5.12. The Labute approximate surface area is 120 Å². The summed E-state index contributed by atoms with van der Waals surface area (Å²) in [5, 5.41) is 0. The molecule has 0 saturated carbocycles. The molecule has 2 nitrogen and oxygen atoms in total. The largest absolute Gasteiger partial charge is 0.304 e. The minimum atomic E-state index is 0.618. The van der Waals surface area contributed by atoms with Crippen LogP contribution in [0.15, 0.2) is 48.7 Å². The maximum Gasteiger partial charge on any atom is 0.137 e. The van der Waals surface area contributed by atoms with Crippen LogP contribution in [0.2, 0.25) is 0 Å². The molecule has 20 heavy (non-hydrogen) atoms. The van der Waals surface area contributed by atoms with Crippen LogP contribution >= 0.6 is 0 Å². The summed E-state index contributed by atoms with van der Waals surface area (Å²) in [6.07, 6.45) is 3.29. The fourth-order valence-corrected chi connectivity index (χ4v) is 2.51. The first-order valence-corrected chi connectivity index (χ1v) is 7.24. The molecule has 0 amide bonds. The molecule has 3 aromatic rings. The molecular weight excluding hydrogens is 244 g/mol. The van der Waals surface area contributed by atoms with Crippen LogP contribution in [-0.4, -0.2) is 9.38 Å². The normalized spacial score (nSPS) is 12.8. The Morgan fingerprint density at radius 1 is 1.10 bits per heavy atom. The van der Waals surface area contributed by atoms with Crippen LogP contribution in [0.1, 0.15) is 37.4 Å². The summed E-state index contributed by atoms with van der Waals surface area (Å²) in [6, 6.07) is 15.0. The number of fused-ring (bicyclic) bond motifs is 1. The van der Waals surface area contributed by atoms with E-state index in [0.29, 0.717) is 5.92 Å². The molecule has 2 heterocycles. The Hall–Kier alpha value is -2.09. The van der Waals surface area contributed by atoms with E-state index in [4.69, 9.17) is 4.98 Å². The van der Waals surface area contributed by atoms with Gasteiger partial charge in [0.15, 0.2) is 0 Å². The second-order valence-electron chi connectivity index (χ2n) is 5.45. The third-order valence-electron chi connectivity index (χ3n) is 4.08. The minimum absolute atomic E-state index is 0.618. The highest BCUT2D eigenvalue weighted by Crippen LogP contribution is 2.24. The Morgan fingerprint density at radius 2 is 1.85 bits per heavy atom. The van der Waals surface area contributed by atoms with Crippen molar-refractivity contribution in [1.29, 1.82) is 0 Å². The zero-order chi connectivity index (χ0) is 14.1. The molecule has 1 atom stereocenters. The summed E-state index contributed by atoms with van der Waals surface area (Å²) in [4.78, 5) is 4.70. The number of pyridine rings is 1. The summed E-state index contributed by atoms with van der Waals surface area (Å²) in [7, 11) is 0. The number of hydrogen-bond acceptors (Lipinski definition) is 1. The van der Waals surface area contributed by atoms with Gasteiger partial charge in [0.2, 0.25) is 0 Å². The summed E-state index contributed by atoms with van der Waals surface area (Å²) in [6.45, 7) is 6.59. The molecule has 0 aliphatic carbocycles. The molecule has 2 heteroatoms. The lowest BCUT2D eigenvalue weighted by molar-refractivity contribution is 0.734. The van der Waals surface area contributed by atoms with Gasteiger partial charge < -0.3 is 4.40 Å². The Kier molecular flexibility index (Phi) is 3.31. The number of aryl methyl sites for hydroxylation is 1. The Morgan fingerprint density at radius 3 is 2.50 bits per heavy atom. The molecule has 0 aliphatic heterocycles. The lowest BCUT2D eigenvalue weighted by Crippen LogP contribution is -1.90. The maximum absolute atomic E-state index is 4.70. The molecule has 0 N–H and O–H groups in total. The molecule has 0 bridgehead atoms. The zero-order valence-electron chi connectivity index (χ0n) is 12.3. The van der Waals surface area contributed by atoms with Crippen LogP contribution in [0.4, 0.5) is 0 Å². The molecular formula is C18H20N2. The summed E-state index contributed by atoms with van der Waals surface area (Å²) < 4.78 is 2.14. The van der Waals surface area contributed by atoms with Crippen LogP contribution in [-0.2, 0) is 0 Å². The van der Waals surface area contributed by atoms with Gasteiger partial charge in [0.05, 0.1) is 5.69 Å². The number of imidazole rings is 1. The quantitative estimate of drug-likeness (QED) is 0.662. The van der Waals surface area contributed by atoms with Gasteiger partial charge in [-0.25, -0.2) is 4.98 Å². The van der Waals surface area contributed by atoms with Crippen molar-refractivity contribution >= 4 is 5.65 Å². The summed E-state index contributed by atoms with van der Waals surface area (Å²) >= 11 is 0. The highest BCUT2D eigenvalue weighted by Gasteiger charge is 2.07.